The Labute approximate surface area is 182 Å². The summed E-state index contributed by atoms with van der Waals surface area (Å²) in [5.41, 5.74) is 1.19. The Morgan fingerprint density at radius 1 is 1.29 bits per heavy atom. The normalized spacial score (nSPS) is 16.4. The van der Waals surface area contributed by atoms with Crippen LogP contribution >= 0.6 is 0 Å². The van der Waals surface area contributed by atoms with E-state index in [1.54, 1.807) is 25.3 Å². The summed E-state index contributed by atoms with van der Waals surface area (Å²) in [5.74, 6) is -0.142. The fourth-order valence-corrected chi connectivity index (χ4v) is 4.42. The lowest BCUT2D eigenvalue weighted by atomic mass is 10.0. The summed E-state index contributed by atoms with van der Waals surface area (Å²) >= 11 is 0. The van der Waals surface area contributed by atoms with Crippen LogP contribution in [-0.2, 0) is 4.74 Å². The number of piperidine rings is 1. The molecule has 2 amide bonds. The van der Waals surface area contributed by atoms with Crippen molar-refractivity contribution in [2.75, 3.05) is 26.7 Å². The van der Waals surface area contributed by atoms with Gasteiger partial charge in [0.15, 0.2) is 0 Å². The molecule has 1 aromatic heterocycles. The van der Waals surface area contributed by atoms with Gasteiger partial charge in [-0.25, -0.2) is 14.3 Å². The molecule has 0 N–H and O–H groups in total. The van der Waals surface area contributed by atoms with Gasteiger partial charge in [-0.05, 0) is 37.8 Å². The van der Waals surface area contributed by atoms with Gasteiger partial charge in [-0.3, -0.25) is 9.69 Å². The molecule has 9 nitrogen and oxygen atoms in total. The summed E-state index contributed by atoms with van der Waals surface area (Å²) in [4.78, 5) is 44.9. The number of para-hydroxylation sites is 1. The highest BCUT2D eigenvalue weighted by Crippen LogP contribution is 2.25. The smallest absolute Gasteiger partial charge is 0.366 e. The second-order valence-electron chi connectivity index (χ2n) is 7.88. The number of hydrogen-bond donors (Lipinski definition) is 0. The predicted molar refractivity (Wildman–Crippen MR) is 118 cm³/mol. The van der Waals surface area contributed by atoms with Crippen LogP contribution in [0.15, 0.2) is 29.7 Å². The molecule has 0 saturated carbocycles. The van der Waals surface area contributed by atoms with Crippen molar-refractivity contribution in [2.24, 2.45) is 5.18 Å². The Morgan fingerprint density at radius 3 is 2.65 bits per heavy atom. The van der Waals surface area contributed by atoms with Crippen LogP contribution in [0, 0.1) is 4.91 Å². The summed E-state index contributed by atoms with van der Waals surface area (Å²) in [6.07, 6.45) is 5.86. The van der Waals surface area contributed by atoms with Crippen LogP contribution in [0.1, 0.15) is 56.3 Å². The van der Waals surface area contributed by atoms with Gasteiger partial charge in [0.25, 0.3) is 5.91 Å². The molecule has 168 valence electrons. The summed E-state index contributed by atoms with van der Waals surface area (Å²) in [7, 11) is 1.73. The number of nitroso groups, excluding NO2 is 1. The van der Waals surface area contributed by atoms with Gasteiger partial charge in [-0.2, -0.15) is 0 Å². The van der Waals surface area contributed by atoms with Gasteiger partial charge in [0.05, 0.1) is 16.6 Å². The molecule has 2 aromatic rings. The Kier molecular flexibility index (Phi) is 7.86. The zero-order chi connectivity index (χ0) is 22.4. The predicted octanol–water partition coefficient (Wildman–Crippen LogP) is 3.86. The largest absolute Gasteiger partial charge is 0.391 e. The van der Waals surface area contributed by atoms with Crippen LogP contribution in [0.5, 0.6) is 0 Å². The number of carbonyl (C=O) groups excluding carboxylic acids is 2. The molecule has 0 aliphatic carbocycles. The second-order valence-corrected chi connectivity index (χ2v) is 7.88. The zero-order valence-corrected chi connectivity index (χ0v) is 18.5. The lowest BCUT2D eigenvalue weighted by molar-refractivity contribution is -0.0523. The highest BCUT2D eigenvalue weighted by atomic mass is 16.5. The number of amides is 2. The summed E-state index contributed by atoms with van der Waals surface area (Å²) in [5, 5.41) is 2.50. The number of nitrogens with zero attached hydrogens (tertiary/aromatic N) is 5. The maximum atomic E-state index is 13.7. The SMILES string of the molecule is CCCCN(C(=O)c1cccc2ncn(C(=O)N=O)c12)C1CCN(C(CC)OC)CC1. The average Bonchev–Trinajstić information content (AvgIpc) is 3.24. The maximum Gasteiger partial charge on any atom is 0.391 e. The van der Waals surface area contributed by atoms with Gasteiger partial charge in [-0.15, -0.1) is 4.91 Å². The van der Waals surface area contributed by atoms with E-state index in [0.717, 1.165) is 49.8 Å². The van der Waals surface area contributed by atoms with E-state index in [0.29, 0.717) is 23.1 Å². The third-order valence-electron chi connectivity index (χ3n) is 6.06. The van der Waals surface area contributed by atoms with Crippen molar-refractivity contribution in [2.45, 2.75) is 58.2 Å². The first kappa shape index (κ1) is 23.0. The van der Waals surface area contributed by atoms with E-state index in [1.165, 1.54) is 6.33 Å². The van der Waals surface area contributed by atoms with E-state index < -0.39 is 6.03 Å². The molecule has 1 atom stereocenters. The van der Waals surface area contributed by atoms with Gasteiger partial charge in [0.1, 0.15) is 12.6 Å². The van der Waals surface area contributed by atoms with E-state index in [1.807, 2.05) is 4.90 Å². The van der Waals surface area contributed by atoms with E-state index >= 15 is 0 Å². The van der Waals surface area contributed by atoms with Crippen LogP contribution in [0.3, 0.4) is 0 Å². The number of rotatable bonds is 8. The summed E-state index contributed by atoms with van der Waals surface area (Å²) < 4.78 is 6.63. The molecular weight excluding hydrogens is 398 g/mol. The van der Waals surface area contributed by atoms with Crippen LogP contribution in [0.25, 0.3) is 11.0 Å². The van der Waals surface area contributed by atoms with E-state index in [9.17, 15) is 14.5 Å². The van der Waals surface area contributed by atoms with Crippen LogP contribution < -0.4 is 0 Å². The molecule has 1 saturated heterocycles. The molecule has 2 heterocycles. The third kappa shape index (κ3) is 4.83. The van der Waals surface area contributed by atoms with Crippen LogP contribution in [0.4, 0.5) is 4.79 Å². The fourth-order valence-electron chi connectivity index (χ4n) is 4.42. The number of aromatic nitrogens is 2. The number of hydrogen-bond acceptors (Lipinski definition) is 6. The average molecular weight is 430 g/mol. The van der Waals surface area contributed by atoms with Crippen molar-refractivity contribution in [3.05, 3.63) is 35.0 Å². The Balaban J connectivity index is 1.88. The number of likely N-dealkylation sites (tertiary alicyclic amines) is 1. The lowest BCUT2D eigenvalue weighted by Crippen LogP contribution is -2.50. The first-order valence-electron chi connectivity index (χ1n) is 11.0. The molecule has 1 fully saturated rings. The molecule has 1 unspecified atom stereocenters. The third-order valence-corrected chi connectivity index (χ3v) is 6.06. The fraction of sp³-hybridized carbons (Fsp3) is 0.591. The highest BCUT2D eigenvalue weighted by Gasteiger charge is 2.31. The Morgan fingerprint density at radius 2 is 2.03 bits per heavy atom. The van der Waals surface area contributed by atoms with Gasteiger partial charge in [-0.1, -0.05) is 26.3 Å². The van der Waals surface area contributed by atoms with Gasteiger partial charge in [0.2, 0.25) is 0 Å². The number of unbranched alkanes of at least 4 members (excludes halogenated alkanes) is 1. The molecule has 31 heavy (non-hydrogen) atoms. The van der Waals surface area contributed by atoms with Crippen LogP contribution in [-0.4, -0.2) is 70.3 Å². The second kappa shape index (κ2) is 10.6. The van der Waals surface area contributed by atoms with Crippen molar-refractivity contribution >= 4 is 23.0 Å². The molecule has 3 rings (SSSR count). The molecule has 9 heteroatoms. The number of benzene rings is 1. The number of carbonyl (C=O) groups is 2. The molecule has 1 aliphatic heterocycles. The maximum absolute atomic E-state index is 13.7. The number of ether oxygens (including phenoxy) is 1. The Hall–Kier alpha value is -2.65. The minimum absolute atomic E-state index is 0.102. The van der Waals surface area contributed by atoms with Gasteiger partial charge >= 0.3 is 6.03 Å². The monoisotopic (exact) mass is 429 g/mol. The van der Waals surface area contributed by atoms with Gasteiger partial charge in [0, 0.05) is 38.0 Å². The van der Waals surface area contributed by atoms with Crippen molar-refractivity contribution < 1.29 is 14.3 Å². The van der Waals surface area contributed by atoms with E-state index in [2.05, 4.69) is 28.9 Å². The van der Waals surface area contributed by atoms with E-state index in [4.69, 9.17) is 4.74 Å². The van der Waals surface area contributed by atoms with Crippen molar-refractivity contribution in [1.29, 1.82) is 0 Å². The quantitative estimate of drug-likeness (QED) is 0.591. The first-order chi connectivity index (χ1) is 15.0. The number of methoxy groups -OCH3 is 1. The minimum Gasteiger partial charge on any atom is -0.366 e. The van der Waals surface area contributed by atoms with Gasteiger partial charge < -0.3 is 9.64 Å². The zero-order valence-electron chi connectivity index (χ0n) is 18.5. The molecule has 0 radical (unpaired) electrons. The topological polar surface area (TPSA) is 97.1 Å². The minimum atomic E-state index is -0.985. The highest BCUT2D eigenvalue weighted by molar-refractivity contribution is 6.07. The first-order valence-corrected chi connectivity index (χ1v) is 11.0. The van der Waals surface area contributed by atoms with Crippen molar-refractivity contribution in [3.8, 4) is 0 Å². The van der Waals surface area contributed by atoms with Crippen molar-refractivity contribution in [1.82, 2.24) is 19.4 Å². The van der Waals surface area contributed by atoms with Crippen LogP contribution in [0.2, 0.25) is 0 Å². The summed E-state index contributed by atoms with van der Waals surface area (Å²) in [6, 6.07) is 4.27. The Bertz CT molecular complexity index is 916. The molecule has 1 aromatic carbocycles. The molecular formula is C22H31N5O4. The van der Waals surface area contributed by atoms with Crippen molar-refractivity contribution in [3.63, 3.8) is 0 Å². The standard InChI is InChI=1S/C22H31N5O4/c1-4-6-12-26(16-10-13-25(14-11-16)19(5-2)31-3)21(28)17-8-7-9-18-20(17)27(15-23-18)22(29)24-30/h7-9,15-16,19H,4-6,10-14H2,1-3H3. The molecule has 0 bridgehead atoms. The van der Waals surface area contributed by atoms with E-state index in [-0.39, 0.29) is 18.2 Å². The molecule has 1 aliphatic rings. The number of imidazole rings is 1. The summed E-state index contributed by atoms with van der Waals surface area (Å²) in [6.45, 7) is 6.58. The lowest BCUT2D eigenvalue weighted by Gasteiger charge is -2.41. The molecule has 0 spiro atoms. The number of fused-ring (bicyclic) bond motifs is 1.